The van der Waals surface area contributed by atoms with Crippen LogP contribution in [0.4, 0.5) is 5.82 Å². The highest BCUT2D eigenvalue weighted by atomic mass is 79.9. The van der Waals surface area contributed by atoms with Crippen molar-refractivity contribution in [2.24, 2.45) is 0 Å². The zero-order chi connectivity index (χ0) is 13.8. The van der Waals surface area contributed by atoms with Crippen molar-refractivity contribution in [2.45, 2.75) is 20.4 Å². The first-order valence-electron chi connectivity index (χ1n) is 5.84. The zero-order valence-electron chi connectivity index (χ0n) is 10.7. The molecule has 0 aliphatic carbocycles. The standard InChI is InChI=1S/C12H14BrN5O/c1-8-10(13)11(17-9(2)16-8)14-5-7-18-6-3-4-15-12(18)19/h3-4,6H,5,7H2,1-2H3,(H,14,16,17). The van der Waals surface area contributed by atoms with Gasteiger partial charge in [-0.2, -0.15) is 0 Å². The number of rotatable bonds is 4. The Morgan fingerprint density at radius 2 is 2.16 bits per heavy atom. The minimum atomic E-state index is -0.251. The molecule has 0 atom stereocenters. The molecule has 0 unspecified atom stereocenters. The van der Waals surface area contributed by atoms with Gasteiger partial charge >= 0.3 is 5.69 Å². The van der Waals surface area contributed by atoms with Crippen LogP contribution in [0, 0.1) is 13.8 Å². The van der Waals surface area contributed by atoms with Gasteiger partial charge < -0.3 is 5.32 Å². The van der Waals surface area contributed by atoms with E-state index in [1.165, 1.54) is 6.20 Å². The van der Waals surface area contributed by atoms with Crippen LogP contribution in [0.25, 0.3) is 0 Å². The average molecular weight is 324 g/mol. The van der Waals surface area contributed by atoms with E-state index in [-0.39, 0.29) is 5.69 Å². The fourth-order valence-corrected chi connectivity index (χ4v) is 1.99. The first-order valence-corrected chi connectivity index (χ1v) is 6.63. The topological polar surface area (TPSA) is 72.7 Å². The van der Waals surface area contributed by atoms with Crippen molar-refractivity contribution in [3.63, 3.8) is 0 Å². The maximum absolute atomic E-state index is 11.4. The highest BCUT2D eigenvalue weighted by molar-refractivity contribution is 9.10. The number of hydrogen-bond acceptors (Lipinski definition) is 5. The third kappa shape index (κ3) is 3.37. The Hall–Kier alpha value is -1.76. The Balaban J connectivity index is 2.04. The van der Waals surface area contributed by atoms with Gasteiger partial charge in [-0.25, -0.2) is 19.7 Å². The molecule has 0 fully saturated rings. The summed E-state index contributed by atoms with van der Waals surface area (Å²) in [6.07, 6.45) is 3.20. The van der Waals surface area contributed by atoms with Crippen LogP contribution in [0.15, 0.2) is 27.7 Å². The summed E-state index contributed by atoms with van der Waals surface area (Å²) in [7, 11) is 0. The molecule has 2 heterocycles. The molecule has 19 heavy (non-hydrogen) atoms. The van der Waals surface area contributed by atoms with Gasteiger partial charge in [0, 0.05) is 25.5 Å². The maximum Gasteiger partial charge on any atom is 0.347 e. The predicted octanol–water partition coefficient (Wildman–Crippen LogP) is 1.52. The van der Waals surface area contributed by atoms with Crippen molar-refractivity contribution in [2.75, 3.05) is 11.9 Å². The lowest BCUT2D eigenvalue weighted by Crippen LogP contribution is -2.25. The Morgan fingerprint density at radius 3 is 2.89 bits per heavy atom. The van der Waals surface area contributed by atoms with E-state index in [0.29, 0.717) is 18.9 Å². The maximum atomic E-state index is 11.4. The van der Waals surface area contributed by atoms with Gasteiger partial charge in [-0.05, 0) is 35.8 Å². The summed E-state index contributed by atoms with van der Waals surface area (Å²) in [6.45, 7) is 4.87. The monoisotopic (exact) mass is 323 g/mol. The number of nitrogens with zero attached hydrogens (tertiary/aromatic N) is 4. The van der Waals surface area contributed by atoms with Gasteiger partial charge in [0.2, 0.25) is 0 Å². The van der Waals surface area contributed by atoms with Gasteiger partial charge in [0.25, 0.3) is 0 Å². The molecule has 0 aromatic carbocycles. The second-order valence-corrected chi connectivity index (χ2v) is 4.83. The molecular formula is C12H14BrN5O. The molecule has 0 amide bonds. The predicted molar refractivity (Wildman–Crippen MR) is 76.2 cm³/mol. The molecule has 1 N–H and O–H groups in total. The first kappa shape index (κ1) is 13.7. The Labute approximate surface area is 119 Å². The average Bonchev–Trinajstić information content (AvgIpc) is 2.37. The number of aromatic nitrogens is 4. The third-order valence-corrected chi connectivity index (χ3v) is 3.51. The Kier molecular flexibility index (Phi) is 4.26. The summed E-state index contributed by atoms with van der Waals surface area (Å²) < 4.78 is 2.39. The lowest BCUT2D eigenvalue weighted by Gasteiger charge is -2.10. The van der Waals surface area contributed by atoms with Gasteiger partial charge in [0.05, 0.1) is 10.2 Å². The van der Waals surface area contributed by atoms with Gasteiger partial charge in [0.15, 0.2) is 0 Å². The summed E-state index contributed by atoms with van der Waals surface area (Å²) in [6, 6.07) is 1.73. The number of nitrogens with one attached hydrogen (secondary N) is 1. The van der Waals surface area contributed by atoms with Crippen molar-refractivity contribution >= 4 is 21.7 Å². The normalized spacial score (nSPS) is 10.5. The van der Waals surface area contributed by atoms with E-state index in [2.05, 4.69) is 36.2 Å². The number of anilines is 1. The summed E-state index contributed by atoms with van der Waals surface area (Å²) in [5, 5.41) is 3.18. The molecule has 0 bridgehead atoms. The quantitative estimate of drug-likeness (QED) is 0.923. The van der Waals surface area contributed by atoms with Crippen LogP contribution >= 0.6 is 15.9 Å². The van der Waals surface area contributed by atoms with Crippen LogP contribution in [-0.2, 0) is 6.54 Å². The fourth-order valence-electron chi connectivity index (χ4n) is 1.67. The van der Waals surface area contributed by atoms with Gasteiger partial charge in [0.1, 0.15) is 11.6 Å². The molecule has 0 spiro atoms. The van der Waals surface area contributed by atoms with Crippen molar-refractivity contribution in [1.29, 1.82) is 0 Å². The molecule has 0 aliphatic heterocycles. The molecule has 0 radical (unpaired) electrons. The smallest absolute Gasteiger partial charge is 0.347 e. The molecule has 2 aromatic rings. The second-order valence-electron chi connectivity index (χ2n) is 4.04. The summed E-state index contributed by atoms with van der Waals surface area (Å²) >= 11 is 3.45. The molecule has 0 saturated heterocycles. The molecule has 6 nitrogen and oxygen atoms in total. The largest absolute Gasteiger partial charge is 0.367 e. The molecule has 2 aromatic heterocycles. The lowest BCUT2D eigenvalue weighted by atomic mass is 10.4. The first-order chi connectivity index (χ1) is 9.08. The van der Waals surface area contributed by atoms with Crippen molar-refractivity contribution in [3.05, 3.63) is 44.9 Å². The van der Waals surface area contributed by atoms with Crippen LogP contribution in [0.3, 0.4) is 0 Å². The van der Waals surface area contributed by atoms with E-state index in [1.807, 2.05) is 13.8 Å². The molecule has 0 aliphatic rings. The van der Waals surface area contributed by atoms with Gasteiger partial charge in [-0.15, -0.1) is 0 Å². The highest BCUT2D eigenvalue weighted by Crippen LogP contribution is 2.22. The molecule has 100 valence electrons. The van der Waals surface area contributed by atoms with E-state index >= 15 is 0 Å². The molecule has 2 rings (SSSR count). The van der Waals surface area contributed by atoms with Crippen LogP contribution in [0.5, 0.6) is 0 Å². The van der Waals surface area contributed by atoms with E-state index in [4.69, 9.17) is 0 Å². The minimum Gasteiger partial charge on any atom is -0.367 e. The summed E-state index contributed by atoms with van der Waals surface area (Å²) in [5.74, 6) is 1.45. The second kappa shape index (κ2) is 5.92. The van der Waals surface area contributed by atoms with Gasteiger partial charge in [-0.1, -0.05) is 0 Å². The van der Waals surface area contributed by atoms with Crippen LogP contribution in [0.2, 0.25) is 0 Å². The van der Waals surface area contributed by atoms with Crippen molar-refractivity contribution in [1.82, 2.24) is 19.5 Å². The number of halogens is 1. The third-order valence-electron chi connectivity index (χ3n) is 2.56. The van der Waals surface area contributed by atoms with Gasteiger partial charge in [-0.3, -0.25) is 4.57 Å². The van der Waals surface area contributed by atoms with E-state index in [0.717, 1.165) is 16.0 Å². The zero-order valence-corrected chi connectivity index (χ0v) is 12.3. The van der Waals surface area contributed by atoms with Crippen molar-refractivity contribution in [3.8, 4) is 0 Å². The van der Waals surface area contributed by atoms with E-state index in [1.54, 1.807) is 16.8 Å². The van der Waals surface area contributed by atoms with E-state index < -0.39 is 0 Å². The fraction of sp³-hybridized carbons (Fsp3) is 0.333. The van der Waals surface area contributed by atoms with Crippen molar-refractivity contribution < 1.29 is 0 Å². The van der Waals surface area contributed by atoms with Crippen LogP contribution < -0.4 is 11.0 Å². The molecule has 0 saturated carbocycles. The lowest BCUT2D eigenvalue weighted by molar-refractivity contribution is 0.672. The highest BCUT2D eigenvalue weighted by Gasteiger charge is 2.06. The molecule has 7 heteroatoms. The number of aryl methyl sites for hydroxylation is 2. The Morgan fingerprint density at radius 1 is 1.37 bits per heavy atom. The minimum absolute atomic E-state index is 0.251. The number of hydrogen-bond donors (Lipinski definition) is 1. The Bertz CT molecular complexity index is 640. The summed E-state index contributed by atoms with van der Waals surface area (Å²) in [4.78, 5) is 23.7. The van der Waals surface area contributed by atoms with E-state index in [9.17, 15) is 4.79 Å². The van der Waals surface area contributed by atoms with Crippen LogP contribution in [-0.4, -0.2) is 26.1 Å². The molecular weight excluding hydrogens is 310 g/mol. The SMILES string of the molecule is Cc1nc(C)c(Br)c(NCCn2cccnc2=O)n1. The summed E-state index contributed by atoms with van der Waals surface area (Å²) in [5.41, 5.74) is 0.631. The van der Waals surface area contributed by atoms with Crippen LogP contribution in [0.1, 0.15) is 11.5 Å².